The smallest absolute Gasteiger partial charge is 0.480 e. The topological polar surface area (TPSA) is 127 Å². The highest BCUT2D eigenvalue weighted by Gasteiger charge is 2.48. The van der Waals surface area contributed by atoms with Crippen LogP contribution in [0.15, 0.2) is 53.4 Å². The van der Waals surface area contributed by atoms with Crippen molar-refractivity contribution >= 4 is 26.1 Å². The van der Waals surface area contributed by atoms with Crippen molar-refractivity contribution in [2.24, 2.45) is 0 Å². The first-order valence-electron chi connectivity index (χ1n) is 8.56. The molecular weight excluding hydrogens is 463 g/mol. The summed E-state index contributed by atoms with van der Waals surface area (Å²) in [6.45, 7) is 3.14. The van der Waals surface area contributed by atoms with Crippen molar-refractivity contribution in [2.45, 2.75) is 36.2 Å². The van der Waals surface area contributed by atoms with Crippen molar-refractivity contribution in [1.82, 2.24) is 4.72 Å². The SMILES string of the molecule is Cc1ccc(S(=O)(=O)NC(C(=O)O)C(C)c2ccc(OS(=O)(=O)C(F)(F)F)cc2)cc1. The van der Waals surface area contributed by atoms with E-state index in [0.29, 0.717) is 0 Å². The monoisotopic (exact) mass is 481 g/mol. The molecule has 2 unspecified atom stereocenters. The van der Waals surface area contributed by atoms with Gasteiger partial charge in [0.15, 0.2) is 0 Å². The number of nitrogens with one attached hydrogen (secondary N) is 1. The largest absolute Gasteiger partial charge is 0.534 e. The molecule has 2 rings (SSSR count). The predicted molar refractivity (Wildman–Crippen MR) is 103 cm³/mol. The van der Waals surface area contributed by atoms with E-state index in [1.807, 2.05) is 0 Å². The molecule has 2 aromatic rings. The lowest BCUT2D eigenvalue weighted by molar-refractivity contribution is -0.139. The van der Waals surface area contributed by atoms with Crippen LogP contribution in [0.5, 0.6) is 5.75 Å². The fourth-order valence-electron chi connectivity index (χ4n) is 2.51. The number of sulfonamides is 1. The molecule has 0 aliphatic carbocycles. The lowest BCUT2D eigenvalue weighted by atomic mass is 9.94. The van der Waals surface area contributed by atoms with Gasteiger partial charge in [0.05, 0.1) is 4.90 Å². The van der Waals surface area contributed by atoms with Crippen LogP contribution in [0.4, 0.5) is 13.2 Å². The van der Waals surface area contributed by atoms with Gasteiger partial charge in [0.25, 0.3) is 0 Å². The van der Waals surface area contributed by atoms with E-state index >= 15 is 0 Å². The fourth-order valence-corrected chi connectivity index (χ4v) is 4.24. The van der Waals surface area contributed by atoms with E-state index < -0.39 is 49.3 Å². The number of alkyl halides is 3. The van der Waals surface area contributed by atoms with Crippen molar-refractivity contribution < 1.29 is 44.1 Å². The van der Waals surface area contributed by atoms with E-state index in [9.17, 15) is 39.9 Å². The number of carboxylic acid groups (broad SMARTS) is 1. The van der Waals surface area contributed by atoms with E-state index in [0.717, 1.165) is 29.8 Å². The molecule has 0 radical (unpaired) electrons. The molecule has 0 saturated heterocycles. The Bertz CT molecular complexity index is 1140. The number of carboxylic acids is 1. The standard InChI is InChI=1S/C18H18F3NO7S2/c1-11-3-9-15(10-4-11)30(25,26)22-16(17(23)24)12(2)13-5-7-14(8-6-13)29-31(27,28)18(19,20)21/h3-10,12,16,22H,1-2H3,(H,23,24). The molecule has 13 heteroatoms. The van der Waals surface area contributed by atoms with Gasteiger partial charge in [0, 0.05) is 5.92 Å². The molecule has 2 N–H and O–H groups in total. The highest BCUT2D eigenvalue weighted by molar-refractivity contribution is 7.89. The zero-order valence-corrected chi connectivity index (χ0v) is 17.8. The summed E-state index contributed by atoms with van der Waals surface area (Å²) in [5.74, 6) is -3.09. The van der Waals surface area contributed by atoms with Gasteiger partial charge in [0.2, 0.25) is 10.0 Å². The summed E-state index contributed by atoms with van der Waals surface area (Å²) >= 11 is 0. The Balaban J connectivity index is 2.25. The highest BCUT2D eigenvalue weighted by Crippen LogP contribution is 2.29. The molecule has 0 aliphatic heterocycles. The number of benzene rings is 2. The van der Waals surface area contributed by atoms with Crippen LogP contribution in [0.1, 0.15) is 24.0 Å². The number of aryl methyl sites for hydroxylation is 1. The first-order chi connectivity index (χ1) is 14.1. The number of hydrogen-bond acceptors (Lipinski definition) is 6. The molecule has 0 heterocycles. The third-order valence-corrected chi connectivity index (χ3v) is 6.71. The normalized spacial score (nSPS) is 14.6. The van der Waals surface area contributed by atoms with E-state index in [2.05, 4.69) is 8.91 Å². The molecule has 8 nitrogen and oxygen atoms in total. The zero-order valence-electron chi connectivity index (χ0n) is 16.1. The molecule has 0 aromatic heterocycles. The van der Waals surface area contributed by atoms with E-state index in [4.69, 9.17) is 0 Å². The quantitative estimate of drug-likeness (QED) is 0.438. The molecule has 0 saturated carbocycles. The van der Waals surface area contributed by atoms with Crippen LogP contribution < -0.4 is 8.91 Å². The van der Waals surface area contributed by atoms with E-state index in [1.54, 1.807) is 19.1 Å². The molecular formula is C18H18F3NO7S2. The molecule has 2 atom stereocenters. The van der Waals surface area contributed by atoms with E-state index in [-0.39, 0.29) is 10.5 Å². The van der Waals surface area contributed by atoms with Gasteiger partial charge in [-0.3, -0.25) is 4.79 Å². The summed E-state index contributed by atoms with van der Waals surface area (Å²) in [7, 11) is -10.0. The number of rotatable bonds is 8. The predicted octanol–water partition coefficient (Wildman–Crippen LogP) is 2.76. The third-order valence-electron chi connectivity index (χ3n) is 4.27. The minimum atomic E-state index is -5.86. The minimum Gasteiger partial charge on any atom is -0.480 e. The summed E-state index contributed by atoms with van der Waals surface area (Å²) in [6.07, 6.45) is 0. The van der Waals surface area contributed by atoms with Crippen molar-refractivity contribution in [1.29, 1.82) is 0 Å². The molecule has 2 aromatic carbocycles. The van der Waals surface area contributed by atoms with Crippen LogP contribution in [0, 0.1) is 6.92 Å². The second-order valence-electron chi connectivity index (χ2n) is 6.59. The van der Waals surface area contributed by atoms with Crippen LogP contribution in [-0.2, 0) is 24.9 Å². The summed E-state index contributed by atoms with van der Waals surface area (Å²) in [5, 5.41) is 9.50. The summed E-state index contributed by atoms with van der Waals surface area (Å²) < 4.78 is 90.4. The second kappa shape index (κ2) is 8.85. The Morgan fingerprint density at radius 2 is 1.52 bits per heavy atom. The van der Waals surface area contributed by atoms with Crippen molar-refractivity contribution in [3.63, 3.8) is 0 Å². The molecule has 0 spiro atoms. The lowest BCUT2D eigenvalue weighted by Gasteiger charge is -2.22. The van der Waals surface area contributed by atoms with Gasteiger partial charge in [-0.25, -0.2) is 8.42 Å². The number of carbonyl (C=O) groups is 1. The molecule has 0 amide bonds. The molecule has 170 valence electrons. The summed E-state index contributed by atoms with van der Waals surface area (Å²) in [6, 6.07) is 8.19. The zero-order chi connectivity index (χ0) is 23.6. The van der Waals surface area contributed by atoms with Crippen LogP contribution >= 0.6 is 0 Å². The van der Waals surface area contributed by atoms with Crippen LogP contribution in [0.2, 0.25) is 0 Å². The first kappa shape index (κ1) is 24.6. The van der Waals surface area contributed by atoms with E-state index in [1.165, 1.54) is 19.1 Å². The first-order valence-corrected chi connectivity index (χ1v) is 11.5. The van der Waals surface area contributed by atoms with Gasteiger partial charge in [0.1, 0.15) is 11.8 Å². The van der Waals surface area contributed by atoms with Gasteiger partial charge >= 0.3 is 21.6 Å². The number of halogens is 3. The summed E-state index contributed by atoms with van der Waals surface area (Å²) in [4.78, 5) is 11.5. The average Bonchev–Trinajstić information content (AvgIpc) is 2.65. The Kier molecular flexibility index (Phi) is 7.03. The number of aliphatic carboxylic acids is 1. The van der Waals surface area contributed by atoms with Gasteiger partial charge in [-0.1, -0.05) is 36.8 Å². The average molecular weight is 481 g/mol. The Hall–Kier alpha value is -2.64. The molecule has 0 bridgehead atoms. The van der Waals surface area contributed by atoms with Crippen molar-refractivity contribution in [2.75, 3.05) is 0 Å². The van der Waals surface area contributed by atoms with Gasteiger partial charge in [-0.15, -0.1) is 0 Å². The summed E-state index contributed by atoms with van der Waals surface area (Å²) in [5.41, 5.74) is -4.59. The van der Waals surface area contributed by atoms with Crippen LogP contribution in [-0.4, -0.2) is 39.5 Å². The lowest BCUT2D eigenvalue weighted by Crippen LogP contribution is -2.44. The molecule has 0 fully saturated rings. The minimum absolute atomic E-state index is 0.141. The van der Waals surface area contributed by atoms with Crippen LogP contribution in [0.25, 0.3) is 0 Å². The van der Waals surface area contributed by atoms with Gasteiger partial charge in [-0.05, 0) is 36.8 Å². The van der Waals surface area contributed by atoms with Gasteiger partial charge in [-0.2, -0.15) is 26.3 Å². The third kappa shape index (κ3) is 5.95. The Morgan fingerprint density at radius 1 is 1.00 bits per heavy atom. The Morgan fingerprint density at radius 3 is 1.97 bits per heavy atom. The number of hydrogen-bond donors (Lipinski definition) is 2. The second-order valence-corrected chi connectivity index (χ2v) is 9.84. The van der Waals surface area contributed by atoms with Crippen molar-refractivity contribution in [3.8, 4) is 5.75 Å². The fraction of sp³-hybridized carbons (Fsp3) is 0.278. The molecule has 0 aliphatic rings. The van der Waals surface area contributed by atoms with Gasteiger partial charge < -0.3 is 9.29 Å². The maximum atomic E-state index is 12.5. The highest BCUT2D eigenvalue weighted by atomic mass is 32.2. The Labute approximate surface area is 176 Å². The molecule has 31 heavy (non-hydrogen) atoms. The van der Waals surface area contributed by atoms with Crippen LogP contribution in [0.3, 0.4) is 0 Å². The maximum Gasteiger partial charge on any atom is 0.534 e. The van der Waals surface area contributed by atoms with Crippen molar-refractivity contribution in [3.05, 3.63) is 59.7 Å². The maximum absolute atomic E-state index is 12.5.